The summed E-state index contributed by atoms with van der Waals surface area (Å²) < 4.78 is 50.0. The van der Waals surface area contributed by atoms with E-state index >= 15 is 0 Å². The van der Waals surface area contributed by atoms with Crippen LogP contribution in [0.4, 0.5) is 15.8 Å². The van der Waals surface area contributed by atoms with Crippen LogP contribution in [0.2, 0.25) is 5.02 Å². The zero-order valence-corrected chi connectivity index (χ0v) is 23.9. The Morgan fingerprint density at radius 2 is 1.71 bits per heavy atom. The van der Waals surface area contributed by atoms with Crippen molar-refractivity contribution in [1.82, 2.24) is 4.31 Å². The van der Waals surface area contributed by atoms with Crippen molar-refractivity contribution in [2.24, 2.45) is 0 Å². The van der Waals surface area contributed by atoms with Crippen molar-refractivity contribution in [3.05, 3.63) is 113 Å². The summed E-state index contributed by atoms with van der Waals surface area (Å²) in [7, 11) is -2.57. The number of hydrogen-bond donors (Lipinski definition) is 1. The molecule has 212 valence electrons. The first-order valence-electron chi connectivity index (χ1n) is 12.9. The Morgan fingerprint density at radius 1 is 1.05 bits per heavy atom. The lowest BCUT2D eigenvalue weighted by Crippen LogP contribution is -2.48. The van der Waals surface area contributed by atoms with Crippen LogP contribution in [0, 0.1) is 5.82 Å². The van der Waals surface area contributed by atoms with E-state index in [2.05, 4.69) is 0 Å². The highest BCUT2D eigenvalue weighted by Crippen LogP contribution is 2.43. The Kier molecular flexibility index (Phi) is 8.15. The summed E-state index contributed by atoms with van der Waals surface area (Å²) in [6.07, 6.45) is -0.485. The molecule has 1 heterocycles. The van der Waals surface area contributed by atoms with E-state index in [1.54, 1.807) is 6.07 Å². The van der Waals surface area contributed by atoms with Crippen LogP contribution >= 0.6 is 11.6 Å². The average molecular weight is 595 g/mol. The molecule has 1 unspecified atom stereocenters. The molecule has 41 heavy (non-hydrogen) atoms. The molecule has 1 aliphatic rings. The highest BCUT2D eigenvalue weighted by molar-refractivity contribution is 7.89. The quantitative estimate of drug-likeness (QED) is 0.260. The van der Waals surface area contributed by atoms with Crippen LogP contribution in [0.15, 0.2) is 95.9 Å². The van der Waals surface area contributed by atoms with E-state index in [9.17, 15) is 22.7 Å². The predicted octanol–water partition coefficient (Wildman–Crippen LogP) is 6.59. The highest BCUT2D eigenvalue weighted by Gasteiger charge is 2.40. The van der Waals surface area contributed by atoms with Gasteiger partial charge in [0.05, 0.1) is 35.0 Å². The maximum absolute atomic E-state index is 14.2. The number of sulfonamides is 1. The normalized spacial score (nSPS) is 17.5. The topological polar surface area (TPSA) is 87.1 Å². The number of carboxylic acids is 1. The zero-order chi connectivity index (χ0) is 29.3. The fourth-order valence-corrected chi connectivity index (χ4v) is 6.85. The summed E-state index contributed by atoms with van der Waals surface area (Å²) in [4.78, 5) is 13.4. The number of benzene rings is 4. The minimum Gasteiger partial charge on any atom is -0.478 e. The number of nitrogens with zero attached hydrogens (tertiary/aromatic N) is 2. The lowest BCUT2D eigenvalue weighted by molar-refractivity contribution is 0.0147. The standard InChI is InChI=1S/C31H28ClFN2O5S/c1-20(40-19-21-9-5-3-6-10-21)29-18-35(23-11-7-4-8-12-23)28-17-26(32)24(16-30(28)41(38,39)34(29)2)22-13-14-27(33)25(15-22)31(36)37/h3-17,20,29H,18-19H2,1-2H3,(H,36,37)/t20?,29-/m0/s1. The maximum Gasteiger partial charge on any atom is 0.338 e. The molecule has 5 rings (SSSR count). The lowest BCUT2D eigenvalue weighted by Gasteiger charge is -2.33. The number of likely N-dealkylation sites (N-methyl/N-ethyl adjacent to an activating group) is 1. The SMILES string of the molecule is CC(OCc1ccccc1)[C@@H]1CN(c2ccccc2)c2cc(Cl)c(-c3ccc(F)c(C(=O)O)c3)cc2S(=O)(=O)N1C. The number of hydrogen-bond acceptors (Lipinski definition) is 5. The van der Waals surface area contributed by atoms with Crippen molar-refractivity contribution in [3.8, 4) is 11.1 Å². The number of carbonyl (C=O) groups is 1. The number of carboxylic acid groups (broad SMARTS) is 1. The monoisotopic (exact) mass is 594 g/mol. The van der Waals surface area contributed by atoms with Gasteiger partial charge in [0.15, 0.2) is 0 Å². The van der Waals surface area contributed by atoms with Gasteiger partial charge in [0.2, 0.25) is 10.0 Å². The van der Waals surface area contributed by atoms with Crippen LogP contribution in [0.3, 0.4) is 0 Å². The number of fused-ring (bicyclic) bond motifs is 1. The molecule has 7 nitrogen and oxygen atoms in total. The van der Waals surface area contributed by atoms with Crippen molar-refractivity contribution in [2.75, 3.05) is 18.5 Å². The summed E-state index contributed by atoms with van der Waals surface area (Å²) in [5, 5.41) is 9.61. The maximum atomic E-state index is 14.2. The largest absolute Gasteiger partial charge is 0.478 e. The van der Waals surface area contributed by atoms with E-state index in [0.717, 1.165) is 23.4 Å². The molecule has 0 saturated carbocycles. The van der Waals surface area contributed by atoms with Crippen molar-refractivity contribution >= 4 is 39.0 Å². The zero-order valence-electron chi connectivity index (χ0n) is 22.4. The van der Waals surface area contributed by atoms with E-state index in [1.165, 1.54) is 23.5 Å². The molecule has 0 bridgehead atoms. The summed E-state index contributed by atoms with van der Waals surface area (Å²) in [6, 6.07) is 25.0. The van der Waals surface area contributed by atoms with Gasteiger partial charge in [-0.15, -0.1) is 0 Å². The number of para-hydroxylation sites is 1. The van der Waals surface area contributed by atoms with Gasteiger partial charge < -0.3 is 14.7 Å². The molecular formula is C31H28ClFN2O5S. The van der Waals surface area contributed by atoms with Crippen molar-refractivity contribution in [2.45, 2.75) is 30.6 Å². The smallest absolute Gasteiger partial charge is 0.338 e. The summed E-state index contributed by atoms with van der Waals surface area (Å²) in [5.41, 5.74) is 2.11. The van der Waals surface area contributed by atoms with Crippen LogP contribution in [0.5, 0.6) is 0 Å². The second-order valence-corrected chi connectivity index (χ2v) is 12.2. The minimum atomic E-state index is -4.09. The molecule has 0 amide bonds. The number of ether oxygens (including phenoxy) is 1. The molecule has 4 aromatic rings. The third-order valence-electron chi connectivity index (χ3n) is 7.31. The van der Waals surface area contributed by atoms with Gasteiger partial charge >= 0.3 is 5.97 Å². The second-order valence-electron chi connectivity index (χ2n) is 9.84. The molecule has 2 atom stereocenters. The number of rotatable bonds is 7. The second kappa shape index (κ2) is 11.6. The van der Waals surface area contributed by atoms with E-state index in [0.29, 0.717) is 12.3 Å². The van der Waals surface area contributed by atoms with Gasteiger partial charge in [-0.3, -0.25) is 0 Å². The van der Waals surface area contributed by atoms with E-state index in [-0.39, 0.29) is 27.6 Å². The minimum absolute atomic E-state index is 0.0118. The number of halogens is 2. The first kappa shape index (κ1) is 28.8. The number of anilines is 2. The van der Waals surface area contributed by atoms with Crippen LogP contribution in [0.25, 0.3) is 11.1 Å². The Labute approximate surface area is 243 Å². The highest BCUT2D eigenvalue weighted by atomic mass is 35.5. The molecule has 0 aliphatic carbocycles. The molecule has 1 N–H and O–H groups in total. The molecule has 0 fully saturated rings. The van der Waals surface area contributed by atoms with Crippen LogP contribution < -0.4 is 4.90 Å². The lowest BCUT2D eigenvalue weighted by atomic mass is 10.0. The van der Waals surface area contributed by atoms with Gasteiger partial charge in [0.25, 0.3) is 0 Å². The Balaban J connectivity index is 1.62. The predicted molar refractivity (Wildman–Crippen MR) is 157 cm³/mol. The van der Waals surface area contributed by atoms with Gasteiger partial charge in [0.1, 0.15) is 10.7 Å². The number of aromatic carboxylic acids is 1. The van der Waals surface area contributed by atoms with E-state index < -0.39 is 39.5 Å². The van der Waals surface area contributed by atoms with Crippen LogP contribution in [0.1, 0.15) is 22.8 Å². The van der Waals surface area contributed by atoms with Crippen molar-refractivity contribution < 1.29 is 27.4 Å². The summed E-state index contributed by atoms with van der Waals surface area (Å²) in [6.45, 7) is 2.44. The van der Waals surface area contributed by atoms with Crippen LogP contribution in [-0.2, 0) is 21.4 Å². The van der Waals surface area contributed by atoms with E-state index in [1.807, 2.05) is 72.5 Å². The molecular weight excluding hydrogens is 567 g/mol. The average Bonchev–Trinajstić information content (AvgIpc) is 3.04. The fourth-order valence-electron chi connectivity index (χ4n) is 4.98. The molecule has 1 aliphatic heterocycles. The first-order valence-corrected chi connectivity index (χ1v) is 14.7. The van der Waals surface area contributed by atoms with E-state index in [4.69, 9.17) is 16.3 Å². The summed E-state index contributed by atoms with van der Waals surface area (Å²) in [5.74, 6) is -2.34. The van der Waals surface area contributed by atoms with Crippen molar-refractivity contribution in [1.29, 1.82) is 0 Å². The third-order valence-corrected chi connectivity index (χ3v) is 9.53. The molecule has 0 spiro atoms. The Bertz CT molecular complexity index is 1690. The first-order chi connectivity index (χ1) is 19.6. The molecule has 4 aromatic carbocycles. The Morgan fingerprint density at radius 3 is 2.37 bits per heavy atom. The van der Waals surface area contributed by atoms with Gasteiger partial charge in [0, 0.05) is 24.8 Å². The molecule has 0 radical (unpaired) electrons. The third kappa shape index (κ3) is 5.71. The van der Waals surface area contributed by atoms with Crippen molar-refractivity contribution in [3.63, 3.8) is 0 Å². The van der Waals surface area contributed by atoms with Gasteiger partial charge in [-0.2, -0.15) is 4.31 Å². The van der Waals surface area contributed by atoms with Gasteiger partial charge in [-0.05, 0) is 54.4 Å². The van der Waals surface area contributed by atoms with Gasteiger partial charge in [-0.25, -0.2) is 17.6 Å². The van der Waals surface area contributed by atoms with Crippen LogP contribution in [-0.4, -0.2) is 49.5 Å². The molecule has 0 aromatic heterocycles. The molecule has 10 heteroatoms. The summed E-state index contributed by atoms with van der Waals surface area (Å²) >= 11 is 6.72. The molecule has 0 saturated heterocycles. The van der Waals surface area contributed by atoms with Gasteiger partial charge in [-0.1, -0.05) is 66.2 Å². The fraction of sp³-hybridized carbons (Fsp3) is 0.194. The Hall–Kier alpha value is -3.76.